The number of imide groups is 1. The van der Waals surface area contributed by atoms with E-state index >= 15 is 0 Å². The zero-order valence-corrected chi connectivity index (χ0v) is 20.9. The monoisotopic (exact) mass is 504 g/mol. The highest BCUT2D eigenvalue weighted by atomic mass is 32.2. The number of methoxy groups -OCH3 is 1. The van der Waals surface area contributed by atoms with Crippen molar-refractivity contribution in [1.29, 1.82) is 0 Å². The standard InChI is InChI=1S/C27H24N2O4S2/c1-12-3-7-14(8-4-12)29-25(30)20-16-11-17(21(20)26(29)31)22-19(16)18(13-5-9-15(33-2)10-6-13)23-24(34-22)28-27(32)35-23/h3-10,16-22H,11H2,1-2H3,(H,28,32)/t16-,17-,18-,19-,20-,21-,22+/m0/s1. The zero-order chi connectivity index (χ0) is 24.0. The summed E-state index contributed by atoms with van der Waals surface area (Å²) in [6, 6.07) is 15.7. The number of aryl methyl sites for hydroxylation is 1. The van der Waals surface area contributed by atoms with E-state index in [4.69, 9.17) is 4.74 Å². The van der Waals surface area contributed by atoms with Crippen molar-refractivity contribution < 1.29 is 14.3 Å². The molecule has 2 bridgehead atoms. The predicted molar refractivity (Wildman–Crippen MR) is 135 cm³/mol. The van der Waals surface area contributed by atoms with Crippen LogP contribution in [0.3, 0.4) is 0 Å². The van der Waals surface area contributed by atoms with Crippen LogP contribution in [0.4, 0.5) is 5.69 Å². The van der Waals surface area contributed by atoms with E-state index in [1.54, 1.807) is 18.9 Å². The Morgan fingerprint density at radius 1 is 0.943 bits per heavy atom. The van der Waals surface area contributed by atoms with E-state index in [9.17, 15) is 14.4 Å². The van der Waals surface area contributed by atoms with Crippen molar-refractivity contribution in [3.63, 3.8) is 0 Å². The summed E-state index contributed by atoms with van der Waals surface area (Å²) in [6.45, 7) is 2.00. The fourth-order valence-corrected chi connectivity index (χ4v) is 10.0. The van der Waals surface area contributed by atoms with Gasteiger partial charge in [0.15, 0.2) is 0 Å². The minimum atomic E-state index is -0.284. The molecule has 0 unspecified atom stereocenters. The van der Waals surface area contributed by atoms with Crippen LogP contribution < -0.4 is 14.5 Å². The third kappa shape index (κ3) is 2.93. The van der Waals surface area contributed by atoms with Gasteiger partial charge < -0.3 is 9.72 Å². The van der Waals surface area contributed by atoms with E-state index < -0.39 is 0 Å². The van der Waals surface area contributed by atoms with Gasteiger partial charge in [-0.2, -0.15) is 0 Å². The molecular weight excluding hydrogens is 480 g/mol. The second kappa shape index (κ2) is 7.58. The molecule has 0 radical (unpaired) electrons. The summed E-state index contributed by atoms with van der Waals surface area (Å²) >= 11 is 3.00. The van der Waals surface area contributed by atoms with Gasteiger partial charge in [-0.05, 0) is 60.9 Å². The lowest BCUT2D eigenvalue weighted by molar-refractivity contribution is -0.123. The van der Waals surface area contributed by atoms with Gasteiger partial charge in [-0.15, -0.1) is 11.8 Å². The van der Waals surface area contributed by atoms with E-state index in [0.29, 0.717) is 5.69 Å². The Labute approximate surface area is 210 Å². The number of carbonyl (C=O) groups is 2. The lowest BCUT2D eigenvalue weighted by Crippen LogP contribution is -2.42. The molecule has 2 aliphatic heterocycles. The Morgan fingerprint density at radius 2 is 1.63 bits per heavy atom. The van der Waals surface area contributed by atoms with Crippen molar-refractivity contribution >= 4 is 40.6 Å². The summed E-state index contributed by atoms with van der Waals surface area (Å²) in [6.07, 6.45) is 0.892. The first-order valence-electron chi connectivity index (χ1n) is 11.9. The number of rotatable bonds is 3. The molecule has 1 saturated heterocycles. The van der Waals surface area contributed by atoms with Gasteiger partial charge in [0.25, 0.3) is 0 Å². The van der Waals surface area contributed by atoms with E-state index in [2.05, 4.69) is 17.1 Å². The first-order valence-corrected chi connectivity index (χ1v) is 13.6. The highest BCUT2D eigenvalue weighted by molar-refractivity contribution is 8.00. The number of aromatic nitrogens is 1. The van der Waals surface area contributed by atoms with Crippen molar-refractivity contribution in [2.24, 2.45) is 29.6 Å². The van der Waals surface area contributed by atoms with Crippen LogP contribution in [0.2, 0.25) is 0 Å². The Hall–Kier alpha value is -2.84. The molecule has 3 fully saturated rings. The second-order valence-electron chi connectivity index (χ2n) is 10.1. The number of thioether (sulfide) groups is 1. The number of benzene rings is 2. The smallest absolute Gasteiger partial charge is 0.305 e. The predicted octanol–water partition coefficient (Wildman–Crippen LogP) is 4.43. The first kappa shape index (κ1) is 21.4. The first-order chi connectivity index (χ1) is 17.0. The molecule has 4 aliphatic rings. The van der Waals surface area contributed by atoms with E-state index in [-0.39, 0.29) is 57.4 Å². The van der Waals surface area contributed by atoms with Crippen molar-refractivity contribution in [1.82, 2.24) is 4.98 Å². The molecule has 7 rings (SSSR count). The molecule has 1 aromatic heterocycles. The number of amides is 2. The largest absolute Gasteiger partial charge is 0.497 e. The van der Waals surface area contributed by atoms with Crippen molar-refractivity contribution in [3.8, 4) is 5.75 Å². The van der Waals surface area contributed by atoms with Crippen molar-refractivity contribution in [3.05, 3.63) is 74.2 Å². The second-order valence-corrected chi connectivity index (χ2v) is 12.3. The van der Waals surface area contributed by atoms with Crippen molar-refractivity contribution in [2.75, 3.05) is 12.0 Å². The summed E-state index contributed by atoms with van der Waals surface area (Å²) in [5.41, 5.74) is 2.90. The highest BCUT2D eigenvalue weighted by Gasteiger charge is 2.69. The van der Waals surface area contributed by atoms with Gasteiger partial charge in [-0.3, -0.25) is 19.3 Å². The quantitative estimate of drug-likeness (QED) is 0.534. The molecule has 0 spiro atoms. The molecule has 1 N–H and O–H groups in total. The van der Waals surface area contributed by atoms with Crippen LogP contribution in [0.5, 0.6) is 5.75 Å². The van der Waals surface area contributed by atoms with Crippen LogP contribution in [0.25, 0.3) is 0 Å². The highest BCUT2D eigenvalue weighted by Crippen LogP contribution is 2.68. The van der Waals surface area contributed by atoms with Crippen LogP contribution in [-0.4, -0.2) is 29.2 Å². The molecular formula is C27H24N2O4S2. The molecule has 6 nitrogen and oxygen atoms in total. The summed E-state index contributed by atoms with van der Waals surface area (Å²) < 4.78 is 5.36. The van der Waals surface area contributed by atoms with Gasteiger partial charge in [0, 0.05) is 16.0 Å². The maximum atomic E-state index is 13.8. The molecule has 2 saturated carbocycles. The number of fused-ring (bicyclic) bond motifs is 9. The molecule has 35 heavy (non-hydrogen) atoms. The SMILES string of the molecule is COc1ccc([C@@H]2c3sc(=O)[nH]c3S[C@@H]3[C@H]4C[C@H]([C@@H]5C(=O)N(c6ccc(C)cc6)C(=O)[C@@H]45)[C@@H]23)cc1. The summed E-state index contributed by atoms with van der Waals surface area (Å²) in [5.74, 6) is 0.598. The maximum Gasteiger partial charge on any atom is 0.305 e. The number of aromatic amines is 1. The minimum absolute atomic E-state index is 0.0263. The average molecular weight is 505 g/mol. The third-order valence-electron chi connectivity index (χ3n) is 8.49. The van der Waals surface area contributed by atoms with Crippen LogP contribution in [0.1, 0.15) is 28.3 Å². The Kier molecular flexibility index (Phi) is 4.64. The van der Waals surface area contributed by atoms with Crippen LogP contribution in [-0.2, 0) is 9.59 Å². The molecule has 7 atom stereocenters. The third-order valence-corrected chi connectivity index (χ3v) is 11.1. The number of nitrogens with one attached hydrogen (secondary N) is 1. The zero-order valence-electron chi connectivity index (χ0n) is 19.3. The molecule has 2 amide bonds. The number of H-pyrrole nitrogens is 1. The normalized spacial score (nSPS) is 32.5. The van der Waals surface area contributed by atoms with Gasteiger partial charge in [-0.25, -0.2) is 0 Å². The molecule has 3 aromatic rings. The number of hydrogen-bond donors (Lipinski definition) is 1. The topological polar surface area (TPSA) is 79.5 Å². The average Bonchev–Trinajstić information content (AvgIpc) is 3.59. The summed E-state index contributed by atoms with van der Waals surface area (Å²) in [5, 5.41) is 1.12. The fraction of sp³-hybridized carbons (Fsp3) is 0.370. The maximum absolute atomic E-state index is 13.8. The van der Waals surface area contributed by atoms with Crippen LogP contribution in [0, 0.1) is 36.5 Å². The van der Waals surface area contributed by atoms with Crippen molar-refractivity contribution in [2.45, 2.75) is 29.5 Å². The summed E-state index contributed by atoms with van der Waals surface area (Å²) in [4.78, 5) is 45.3. The minimum Gasteiger partial charge on any atom is -0.497 e. The number of hydrogen-bond acceptors (Lipinski definition) is 6. The molecule has 178 valence electrons. The fourth-order valence-electron chi connectivity index (χ4n) is 7.15. The van der Waals surface area contributed by atoms with Gasteiger partial charge in [-0.1, -0.05) is 41.2 Å². The Bertz CT molecular complexity index is 1410. The molecule has 2 aliphatic carbocycles. The molecule has 3 heterocycles. The van der Waals surface area contributed by atoms with E-state index in [1.165, 1.54) is 16.2 Å². The van der Waals surface area contributed by atoms with Crippen LogP contribution in [0.15, 0.2) is 58.4 Å². The lowest BCUT2D eigenvalue weighted by atomic mass is 9.68. The molecule has 8 heteroatoms. The van der Waals surface area contributed by atoms with Gasteiger partial charge >= 0.3 is 4.87 Å². The van der Waals surface area contributed by atoms with Gasteiger partial charge in [0.05, 0.1) is 29.7 Å². The number of nitrogens with zero attached hydrogens (tertiary/aromatic N) is 1. The van der Waals surface area contributed by atoms with Gasteiger partial charge in [0.2, 0.25) is 11.8 Å². The number of anilines is 1. The van der Waals surface area contributed by atoms with E-state index in [1.807, 2.05) is 43.3 Å². The molecule has 2 aromatic carbocycles. The van der Waals surface area contributed by atoms with Gasteiger partial charge in [0.1, 0.15) is 5.75 Å². The summed E-state index contributed by atoms with van der Waals surface area (Å²) in [7, 11) is 1.65. The number of thiazole rings is 1. The number of ether oxygens (including phenoxy) is 1. The van der Waals surface area contributed by atoms with E-state index in [0.717, 1.165) is 33.2 Å². The lowest BCUT2D eigenvalue weighted by Gasteiger charge is -2.43. The number of carbonyl (C=O) groups excluding carboxylic acids is 2. The van der Waals surface area contributed by atoms with Crippen LogP contribution >= 0.6 is 23.1 Å². The Morgan fingerprint density at radius 3 is 2.31 bits per heavy atom. The Balaban J connectivity index is 1.31.